The maximum absolute atomic E-state index is 13.1. The number of nitrogens with zero attached hydrogens (tertiary/aromatic N) is 1. The van der Waals surface area contributed by atoms with Crippen molar-refractivity contribution in [1.29, 1.82) is 0 Å². The van der Waals surface area contributed by atoms with Gasteiger partial charge in [-0.1, -0.05) is 6.07 Å². The Morgan fingerprint density at radius 2 is 2.06 bits per heavy atom. The van der Waals surface area contributed by atoms with Crippen molar-refractivity contribution in [3.63, 3.8) is 0 Å². The van der Waals surface area contributed by atoms with Crippen LogP contribution in [0.1, 0.15) is 12.0 Å². The molecule has 4 nitrogen and oxygen atoms in total. The molecule has 0 radical (unpaired) electrons. The lowest BCUT2D eigenvalue weighted by atomic mass is 10.2. The van der Waals surface area contributed by atoms with Gasteiger partial charge in [-0.3, -0.25) is 0 Å². The van der Waals surface area contributed by atoms with E-state index in [9.17, 15) is 12.8 Å². The molecule has 0 fully saturated rings. The number of sulfonamides is 1. The van der Waals surface area contributed by atoms with E-state index in [4.69, 9.17) is 4.74 Å². The van der Waals surface area contributed by atoms with Gasteiger partial charge in [-0.05, 0) is 31.0 Å². The highest BCUT2D eigenvalue weighted by molar-refractivity contribution is 7.89. The molecule has 0 saturated heterocycles. The van der Waals surface area contributed by atoms with Crippen molar-refractivity contribution in [2.45, 2.75) is 18.2 Å². The number of methoxy groups -OCH3 is 1. The van der Waals surface area contributed by atoms with Crippen LogP contribution in [0.2, 0.25) is 0 Å². The van der Waals surface area contributed by atoms with E-state index >= 15 is 0 Å². The van der Waals surface area contributed by atoms with Gasteiger partial charge in [0, 0.05) is 27.3 Å². The molecule has 0 aromatic heterocycles. The number of hydrogen-bond donors (Lipinski definition) is 0. The first-order valence-electron chi connectivity index (χ1n) is 5.61. The molecule has 1 rings (SSSR count). The van der Waals surface area contributed by atoms with Crippen molar-refractivity contribution in [2.24, 2.45) is 0 Å². The number of rotatable bonds is 6. The Bertz CT molecular complexity index is 502. The summed E-state index contributed by atoms with van der Waals surface area (Å²) in [6.07, 6.45) is 0.598. The number of hydrogen-bond acceptors (Lipinski definition) is 3. The first-order valence-corrected chi connectivity index (χ1v) is 7.05. The van der Waals surface area contributed by atoms with Crippen LogP contribution in [0.15, 0.2) is 23.1 Å². The lowest BCUT2D eigenvalue weighted by Crippen LogP contribution is -2.29. The first-order chi connectivity index (χ1) is 8.39. The van der Waals surface area contributed by atoms with Crippen LogP contribution in [0, 0.1) is 12.7 Å². The fraction of sp³-hybridized carbons (Fsp3) is 0.500. The molecule has 102 valence electrons. The molecule has 0 atom stereocenters. The maximum atomic E-state index is 13.1. The molecular formula is C12H18FNO3S. The zero-order valence-electron chi connectivity index (χ0n) is 10.8. The summed E-state index contributed by atoms with van der Waals surface area (Å²) in [5, 5.41) is 0. The van der Waals surface area contributed by atoms with Crippen LogP contribution in [-0.2, 0) is 14.8 Å². The van der Waals surface area contributed by atoms with Crippen molar-refractivity contribution in [1.82, 2.24) is 4.31 Å². The monoisotopic (exact) mass is 275 g/mol. The average molecular weight is 275 g/mol. The van der Waals surface area contributed by atoms with Gasteiger partial charge in [-0.2, -0.15) is 0 Å². The lowest BCUT2D eigenvalue weighted by molar-refractivity contribution is 0.189. The molecule has 0 saturated carbocycles. The Hall–Kier alpha value is -0.980. The standard InChI is InChI=1S/C12H18FNO3S/c1-10-5-6-11(13)9-12(10)18(15,16)14(2)7-4-8-17-3/h5-6,9H,4,7-8H2,1-3H3. The van der Waals surface area contributed by atoms with E-state index in [2.05, 4.69) is 0 Å². The summed E-state index contributed by atoms with van der Waals surface area (Å²) < 4.78 is 43.7. The number of aryl methyl sites for hydroxylation is 1. The van der Waals surface area contributed by atoms with E-state index in [1.165, 1.54) is 23.5 Å². The predicted octanol–water partition coefficient (Wildman–Crippen LogP) is 1.79. The van der Waals surface area contributed by atoms with Crippen LogP contribution >= 0.6 is 0 Å². The second-order valence-corrected chi connectivity index (χ2v) is 6.10. The molecule has 0 spiro atoms. The Morgan fingerprint density at radius 1 is 1.39 bits per heavy atom. The summed E-state index contributed by atoms with van der Waals surface area (Å²) in [4.78, 5) is 0.0161. The van der Waals surface area contributed by atoms with Gasteiger partial charge >= 0.3 is 0 Å². The van der Waals surface area contributed by atoms with Gasteiger partial charge in [-0.15, -0.1) is 0 Å². The molecule has 1 aromatic carbocycles. The third-order valence-corrected chi connectivity index (χ3v) is 4.66. The Labute approximate surface area is 107 Å². The maximum Gasteiger partial charge on any atom is 0.243 e. The Morgan fingerprint density at radius 3 is 2.67 bits per heavy atom. The number of benzene rings is 1. The van der Waals surface area contributed by atoms with Crippen LogP contribution < -0.4 is 0 Å². The van der Waals surface area contributed by atoms with Gasteiger partial charge in [0.1, 0.15) is 5.82 Å². The molecule has 0 aliphatic carbocycles. The fourth-order valence-electron chi connectivity index (χ4n) is 1.57. The summed E-state index contributed by atoms with van der Waals surface area (Å²) in [7, 11) is -0.593. The summed E-state index contributed by atoms with van der Waals surface area (Å²) in [6.45, 7) is 2.48. The molecule has 6 heteroatoms. The molecule has 0 N–H and O–H groups in total. The third-order valence-electron chi connectivity index (χ3n) is 2.66. The predicted molar refractivity (Wildman–Crippen MR) is 67.4 cm³/mol. The van der Waals surface area contributed by atoms with Gasteiger partial charge < -0.3 is 4.74 Å². The van der Waals surface area contributed by atoms with Crippen LogP contribution in [0.25, 0.3) is 0 Å². The quantitative estimate of drug-likeness (QED) is 0.744. The largest absolute Gasteiger partial charge is 0.385 e. The smallest absolute Gasteiger partial charge is 0.243 e. The average Bonchev–Trinajstić information content (AvgIpc) is 2.32. The lowest BCUT2D eigenvalue weighted by Gasteiger charge is -2.18. The summed E-state index contributed by atoms with van der Waals surface area (Å²) >= 11 is 0. The van der Waals surface area contributed by atoms with Crippen molar-refractivity contribution < 1.29 is 17.5 Å². The van der Waals surface area contributed by atoms with Crippen LogP contribution in [-0.4, -0.2) is 40.0 Å². The zero-order chi connectivity index (χ0) is 13.8. The van der Waals surface area contributed by atoms with Gasteiger partial charge in [-0.25, -0.2) is 17.1 Å². The van der Waals surface area contributed by atoms with Crippen LogP contribution in [0.4, 0.5) is 4.39 Å². The van der Waals surface area contributed by atoms with Gasteiger partial charge in [0.25, 0.3) is 0 Å². The van der Waals surface area contributed by atoms with Gasteiger partial charge in [0.2, 0.25) is 10.0 Å². The molecular weight excluding hydrogens is 257 g/mol. The minimum absolute atomic E-state index is 0.0161. The fourth-order valence-corrected chi connectivity index (χ4v) is 3.01. The molecule has 0 heterocycles. The second-order valence-electron chi connectivity index (χ2n) is 4.08. The van der Waals surface area contributed by atoms with Crippen molar-refractivity contribution in [2.75, 3.05) is 27.3 Å². The van der Waals surface area contributed by atoms with Gasteiger partial charge in [0.15, 0.2) is 0 Å². The zero-order valence-corrected chi connectivity index (χ0v) is 11.6. The molecule has 1 aromatic rings. The van der Waals surface area contributed by atoms with Crippen molar-refractivity contribution >= 4 is 10.0 Å². The highest BCUT2D eigenvalue weighted by atomic mass is 32.2. The second kappa shape index (κ2) is 6.26. The highest BCUT2D eigenvalue weighted by Crippen LogP contribution is 2.20. The molecule has 0 unspecified atom stereocenters. The van der Waals surface area contributed by atoms with Crippen LogP contribution in [0.5, 0.6) is 0 Å². The van der Waals surface area contributed by atoms with E-state index in [0.717, 1.165) is 6.07 Å². The molecule has 0 bridgehead atoms. The molecule has 0 aliphatic heterocycles. The first kappa shape index (κ1) is 15.1. The van der Waals surface area contributed by atoms with Crippen LogP contribution in [0.3, 0.4) is 0 Å². The molecule has 18 heavy (non-hydrogen) atoms. The summed E-state index contributed by atoms with van der Waals surface area (Å²) in [5.74, 6) is -0.551. The normalized spacial score (nSPS) is 12.1. The molecule has 0 amide bonds. The number of ether oxygens (including phenoxy) is 1. The van der Waals surface area contributed by atoms with E-state index in [-0.39, 0.29) is 4.90 Å². The Balaban J connectivity index is 2.95. The minimum Gasteiger partial charge on any atom is -0.385 e. The summed E-state index contributed by atoms with van der Waals surface area (Å²) in [6, 6.07) is 3.77. The van der Waals surface area contributed by atoms with E-state index in [0.29, 0.717) is 25.1 Å². The number of halogens is 1. The molecule has 0 aliphatic rings. The summed E-state index contributed by atoms with van der Waals surface area (Å²) in [5.41, 5.74) is 0.537. The van der Waals surface area contributed by atoms with E-state index < -0.39 is 15.8 Å². The van der Waals surface area contributed by atoms with Gasteiger partial charge in [0.05, 0.1) is 4.90 Å². The topological polar surface area (TPSA) is 46.6 Å². The van der Waals surface area contributed by atoms with Crippen molar-refractivity contribution in [3.8, 4) is 0 Å². The Kier molecular flexibility index (Phi) is 5.25. The minimum atomic E-state index is -3.63. The van der Waals surface area contributed by atoms with E-state index in [1.54, 1.807) is 14.0 Å². The third kappa shape index (κ3) is 3.51. The van der Waals surface area contributed by atoms with E-state index in [1.807, 2.05) is 0 Å². The van der Waals surface area contributed by atoms with Crippen molar-refractivity contribution in [3.05, 3.63) is 29.6 Å². The highest BCUT2D eigenvalue weighted by Gasteiger charge is 2.22. The SMILES string of the molecule is COCCCN(C)S(=O)(=O)c1cc(F)ccc1C.